The standard InChI is InChI=1S/C24H26N4O5S/c1-2-25-34-26-24(31)32-16-17-8-10-18(11-9-17)33-19-14-28(15-19)21-7-5-6-20(23(29)30)22(21)27-12-3-4-13-27/h3-13,19,25H,2,14-16H2,1H3,(H,26,31)(H,29,30). The highest BCUT2D eigenvalue weighted by Gasteiger charge is 2.31. The summed E-state index contributed by atoms with van der Waals surface area (Å²) in [7, 11) is 0. The number of aromatic nitrogens is 1. The normalized spacial score (nSPS) is 13.3. The molecule has 3 aromatic rings. The van der Waals surface area contributed by atoms with E-state index in [1.165, 1.54) is 0 Å². The Kier molecular flexibility index (Phi) is 7.61. The predicted molar refractivity (Wildman–Crippen MR) is 130 cm³/mol. The number of ether oxygens (including phenoxy) is 2. The molecule has 4 rings (SSSR count). The summed E-state index contributed by atoms with van der Waals surface area (Å²) in [4.78, 5) is 25.5. The van der Waals surface area contributed by atoms with Crippen LogP contribution in [0.3, 0.4) is 0 Å². The number of hydrogen-bond acceptors (Lipinski definition) is 7. The topological polar surface area (TPSA) is 105 Å². The van der Waals surface area contributed by atoms with Gasteiger partial charge in [0.15, 0.2) is 0 Å². The Labute approximate surface area is 201 Å². The lowest BCUT2D eigenvalue weighted by Gasteiger charge is -2.41. The van der Waals surface area contributed by atoms with Gasteiger partial charge in [-0.1, -0.05) is 25.1 Å². The lowest BCUT2D eigenvalue weighted by atomic mass is 10.1. The molecule has 34 heavy (non-hydrogen) atoms. The number of anilines is 1. The Morgan fingerprint density at radius 3 is 2.50 bits per heavy atom. The highest BCUT2D eigenvalue weighted by molar-refractivity contribution is 7.96. The average molecular weight is 483 g/mol. The van der Waals surface area contributed by atoms with E-state index in [-0.39, 0.29) is 18.3 Å². The minimum absolute atomic E-state index is 0.0121. The third-order valence-electron chi connectivity index (χ3n) is 5.24. The summed E-state index contributed by atoms with van der Waals surface area (Å²) in [6, 6.07) is 16.5. The van der Waals surface area contributed by atoms with Crippen molar-refractivity contribution in [2.24, 2.45) is 0 Å². The van der Waals surface area contributed by atoms with Crippen LogP contribution >= 0.6 is 12.1 Å². The van der Waals surface area contributed by atoms with Gasteiger partial charge >= 0.3 is 12.1 Å². The molecule has 3 N–H and O–H groups in total. The van der Waals surface area contributed by atoms with Gasteiger partial charge in [-0.25, -0.2) is 14.3 Å². The second-order valence-electron chi connectivity index (χ2n) is 7.64. The molecule has 2 heterocycles. The summed E-state index contributed by atoms with van der Waals surface area (Å²) < 4.78 is 18.5. The second-order valence-corrected chi connectivity index (χ2v) is 8.33. The molecule has 0 saturated carbocycles. The largest absolute Gasteiger partial charge is 0.487 e. The first-order chi connectivity index (χ1) is 16.5. The van der Waals surface area contributed by atoms with Crippen LogP contribution in [0.5, 0.6) is 5.75 Å². The fraction of sp³-hybridized carbons (Fsp3) is 0.250. The van der Waals surface area contributed by atoms with Crippen LogP contribution in [0.4, 0.5) is 10.5 Å². The van der Waals surface area contributed by atoms with Gasteiger partial charge < -0.3 is 24.0 Å². The van der Waals surface area contributed by atoms with Gasteiger partial charge in [0.05, 0.1) is 30.0 Å². The zero-order valence-electron chi connectivity index (χ0n) is 18.6. The van der Waals surface area contributed by atoms with Gasteiger partial charge in [-0.05, 0) is 42.0 Å². The summed E-state index contributed by atoms with van der Waals surface area (Å²) >= 11 is 1.09. The molecule has 0 aliphatic carbocycles. The molecule has 178 valence electrons. The Hall–Kier alpha value is -3.63. The number of nitrogens with zero attached hydrogens (tertiary/aromatic N) is 2. The van der Waals surface area contributed by atoms with Gasteiger partial charge in [-0.2, -0.15) is 0 Å². The molecule has 1 amide bonds. The number of benzene rings is 2. The monoisotopic (exact) mass is 482 g/mol. The van der Waals surface area contributed by atoms with Gasteiger partial charge in [0.2, 0.25) is 0 Å². The van der Waals surface area contributed by atoms with E-state index in [1.807, 2.05) is 66.3 Å². The number of carboxylic acids is 1. The van der Waals surface area contributed by atoms with E-state index in [4.69, 9.17) is 9.47 Å². The van der Waals surface area contributed by atoms with E-state index in [9.17, 15) is 14.7 Å². The molecular formula is C24H26N4O5S. The fourth-order valence-corrected chi connectivity index (χ4v) is 3.97. The molecule has 1 fully saturated rings. The van der Waals surface area contributed by atoms with E-state index in [0.29, 0.717) is 18.8 Å². The molecule has 1 aliphatic rings. The molecule has 0 spiro atoms. The third kappa shape index (κ3) is 5.64. The summed E-state index contributed by atoms with van der Waals surface area (Å²) in [6.45, 7) is 4.12. The van der Waals surface area contributed by atoms with Crippen molar-refractivity contribution in [3.63, 3.8) is 0 Å². The predicted octanol–water partition coefficient (Wildman–Crippen LogP) is 3.84. The van der Waals surface area contributed by atoms with Crippen LogP contribution in [0.2, 0.25) is 0 Å². The number of amides is 1. The number of para-hydroxylation sites is 1. The maximum atomic E-state index is 11.8. The molecule has 1 saturated heterocycles. The summed E-state index contributed by atoms with van der Waals surface area (Å²) in [5.74, 6) is -0.234. The molecular weight excluding hydrogens is 456 g/mol. The minimum atomic E-state index is -0.961. The number of aromatic carboxylic acids is 1. The first kappa shape index (κ1) is 23.5. The summed E-state index contributed by atoms with van der Waals surface area (Å²) in [6.07, 6.45) is 3.16. The Balaban J connectivity index is 1.32. The average Bonchev–Trinajstić information content (AvgIpc) is 3.35. The lowest BCUT2D eigenvalue weighted by molar-refractivity contribution is 0.0697. The number of rotatable bonds is 10. The minimum Gasteiger partial charge on any atom is -0.487 e. The maximum absolute atomic E-state index is 11.8. The molecule has 10 heteroatoms. The SMILES string of the molecule is CCNSNC(=O)OCc1ccc(OC2CN(c3cccc(C(=O)O)c3-n3cccc3)C2)cc1. The van der Waals surface area contributed by atoms with Crippen LogP contribution in [0, 0.1) is 0 Å². The number of nitrogens with one attached hydrogen (secondary N) is 2. The number of hydrogen-bond donors (Lipinski definition) is 3. The molecule has 2 aromatic carbocycles. The quantitative estimate of drug-likeness (QED) is 0.296. The van der Waals surface area contributed by atoms with Crippen molar-refractivity contribution in [1.82, 2.24) is 14.0 Å². The van der Waals surface area contributed by atoms with Crippen LogP contribution in [0.1, 0.15) is 22.8 Å². The molecule has 1 aromatic heterocycles. The van der Waals surface area contributed by atoms with Crippen LogP contribution in [0.25, 0.3) is 5.69 Å². The van der Waals surface area contributed by atoms with E-state index in [2.05, 4.69) is 14.3 Å². The summed E-state index contributed by atoms with van der Waals surface area (Å²) in [5.41, 5.74) is 2.61. The van der Waals surface area contributed by atoms with Crippen LogP contribution in [-0.4, -0.2) is 47.5 Å². The van der Waals surface area contributed by atoms with E-state index in [0.717, 1.165) is 35.7 Å². The number of carbonyl (C=O) groups is 2. The summed E-state index contributed by atoms with van der Waals surface area (Å²) in [5, 5.41) is 9.66. The van der Waals surface area contributed by atoms with Gasteiger partial charge in [0, 0.05) is 31.1 Å². The van der Waals surface area contributed by atoms with Crippen molar-refractivity contribution in [1.29, 1.82) is 0 Å². The Morgan fingerprint density at radius 2 is 1.82 bits per heavy atom. The van der Waals surface area contributed by atoms with Crippen molar-refractivity contribution >= 4 is 29.9 Å². The van der Waals surface area contributed by atoms with Crippen molar-refractivity contribution in [2.45, 2.75) is 19.6 Å². The number of carboxylic acid groups (broad SMARTS) is 1. The van der Waals surface area contributed by atoms with E-state index < -0.39 is 12.1 Å². The second kappa shape index (κ2) is 11.0. The van der Waals surface area contributed by atoms with Crippen molar-refractivity contribution in [2.75, 3.05) is 24.5 Å². The third-order valence-corrected chi connectivity index (χ3v) is 5.95. The van der Waals surface area contributed by atoms with E-state index >= 15 is 0 Å². The molecule has 0 radical (unpaired) electrons. The Bertz CT molecular complexity index is 1110. The highest BCUT2D eigenvalue weighted by Crippen LogP contribution is 2.32. The highest BCUT2D eigenvalue weighted by atomic mass is 32.2. The lowest BCUT2D eigenvalue weighted by Crippen LogP contribution is -2.54. The smallest absolute Gasteiger partial charge is 0.418 e. The molecule has 1 aliphatic heterocycles. The van der Waals surface area contributed by atoms with Crippen molar-refractivity contribution < 1.29 is 24.2 Å². The van der Waals surface area contributed by atoms with Crippen molar-refractivity contribution in [3.05, 3.63) is 78.1 Å². The number of carbonyl (C=O) groups excluding carboxylic acids is 1. The first-order valence-electron chi connectivity index (χ1n) is 10.9. The van der Waals surface area contributed by atoms with Crippen LogP contribution < -0.4 is 19.1 Å². The van der Waals surface area contributed by atoms with Gasteiger partial charge in [0.1, 0.15) is 18.5 Å². The molecule has 0 bridgehead atoms. The molecule has 0 unspecified atom stereocenters. The first-order valence-corrected chi connectivity index (χ1v) is 11.7. The Morgan fingerprint density at radius 1 is 1.09 bits per heavy atom. The molecule has 9 nitrogen and oxygen atoms in total. The van der Waals surface area contributed by atoms with Gasteiger partial charge in [-0.15, -0.1) is 0 Å². The van der Waals surface area contributed by atoms with E-state index in [1.54, 1.807) is 12.1 Å². The fourth-order valence-electron chi connectivity index (χ4n) is 3.61. The van der Waals surface area contributed by atoms with Gasteiger partial charge in [0.25, 0.3) is 0 Å². The zero-order chi connectivity index (χ0) is 23.9. The van der Waals surface area contributed by atoms with Crippen molar-refractivity contribution in [3.8, 4) is 11.4 Å². The maximum Gasteiger partial charge on any atom is 0.418 e. The van der Waals surface area contributed by atoms with Crippen LogP contribution in [-0.2, 0) is 11.3 Å². The van der Waals surface area contributed by atoms with Crippen LogP contribution in [0.15, 0.2) is 67.0 Å². The zero-order valence-corrected chi connectivity index (χ0v) is 19.5. The van der Waals surface area contributed by atoms with Gasteiger partial charge in [-0.3, -0.25) is 4.72 Å². The molecule has 0 atom stereocenters.